The lowest BCUT2D eigenvalue weighted by Gasteiger charge is -2.25. The van der Waals surface area contributed by atoms with E-state index in [-0.39, 0.29) is 22.4 Å². The number of amidine groups is 1. The number of thioether (sulfide) groups is 1. The van der Waals surface area contributed by atoms with Gasteiger partial charge in [-0.1, -0.05) is 41.6 Å². The molecule has 30 heavy (non-hydrogen) atoms. The summed E-state index contributed by atoms with van der Waals surface area (Å²) in [6, 6.07) is 10.9. The van der Waals surface area contributed by atoms with Crippen LogP contribution in [-0.4, -0.2) is 42.3 Å². The lowest BCUT2D eigenvalue weighted by atomic mass is 10.1. The van der Waals surface area contributed by atoms with Gasteiger partial charge in [-0.25, -0.2) is 8.42 Å². The predicted octanol–water partition coefficient (Wildman–Crippen LogP) is 4.27. The van der Waals surface area contributed by atoms with Crippen LogP contribution < -0.4 is 4.90 Å². The Balaban J connectivity index is 1.78. The highest BCUT2D eigenvalue weighted by molar-refractivity contribution is 8.16. The Hall–Kier alpha value is -2.04. The molecule has 0 spiro atoms. The van der Waals surface area contributed by atoms with Crippen molar-refractivity contribution >= 4 is 50.0 Å². The summed E-state index contributed by atoms with van der Waals surface area (Å²) in [5, 5.41) is -0.723. The number of amides is 1. The molecule has 4 rings (SSSR count). The van der Waals surface area contributed by atoms with Gasteiger partial charge in [0.25, 0.3) is 5.91 Å². The molecule has 0 bridgehead atoms. The molecule has 11 heteroatoms. The van der Waals surface area contributed by atoms with Crippen LogP contribution in [0, 0.1) is 0 Å². The number of fused-ring (bicyclic) bond motifs is 1. The number of hydrogen-bond acceptors (Lipinski definition) is 4. The molecule has 2 aromatic carbocycles. The van der Waals surface area contributed by atoms with Crippen LogP contribution >= 0.6 is 23.4 Å². The number of alkyl halides is 3. The van der Waals surface area contributed by atoms with E-state index < -0.39 is 43.8 Å². The summed E-state index contributed by atoms with van der Waals surface area (Å²) in [4.78, 5) is 18.1. The van der Waals surface area contributed by atoms with Crippen molar-refractivity contribution in [3.05, 3.63) is 64.7 Å². The number of sulfone groups is 1. The fraction of sp³-hybridized carbons (Fsp3) is 0.263. The summed E-state index contributed by atoms with van der Waals surface area (Å²) in [6.07, 6.45) is -4.68. The molecule has 0 radical (unpaired) electrons. The normalized spacial score (nSPS) is 24.3. The highest BCUT2D eigenvalue weighted by Gasteiger charge is 2.49. The van der Waals surface area contributed by atoms with Crippen molar-refractivity contribution in [3.8, 4) is 0 Å². The average molecular weight is 475 g/mol. The van der Waals surface area contributed by atoms with E-state index >= 15 is 0 Å². The summed E-state index contributed by atoms with van der Waals surface area (Å²) in [6.45, 7) is 0. The lowest BCUT2D eigenvalue weighted by Crippen LogP contribution is -2.37. The first kappa shape index (κ1) is 21.2. The topological polar surface area (TPSA) is 66.8 Å². The van der Waals surface area contributed by atoms with Gasteiger partial charge in [0, 0.05) is 16.5 Å². The van der Waals surface area contributed by atoms with Gasteiger partial charge >= 0.3 is 6.18 Å². The third kappa shape index (κ3) is 4.08. The number of nitrogens with zero attached hydrogens (tertiary/aromatic N) is 2. The number of rotatable bonds is 2. The maximum absolute atomic E-state index is 13.3. The van der Waals surface area contributed by atoms with Gasteiger partial charge in [0.1, 0.15) is 0 Å². The Morgan fingerprint density at radius 2 is 1.83 bits per heavy atom. The van der Waals surface area contributed by atoms with E-state index in [4.69, 9.17) is 11.6 Å². The Kier molecular flexibility index (Phi) is 5.36. The minimum Gasteiger partial charge on any atom is -0.316 e. The Morgan fingerprint density at radius 3 is 2.50 bits per heavy atom. The van der Waals surface area contributed by atoms with E-state index in [1.165, 1.54) is 11.0 Å². The Labute approximate surface area is 179 Å². The van der Waals surface area contributed by atoms with Gasteiger partial charge in [-0.15, -0.1) is 0 Å². The molecule has 2 fully saturated rings. The van der Waals surface area contributed by atoms with Gasteiger partial charge in [0.2, 0.25) is 0 Å². The fourth-order valence-electron chi connectivity index (χ4n) is 3.48. The van der Waals surface area contributed by atoms with Crippen LogP contribution in [0.25, 0.3) is 0 Å². The van der Waals surface area contributed by atoms with Gasteiger partial charge in [0.05, 0.1) is 28.1 Å². The molecule has 0 unspecified atom stereocenters. The smallest absolute Gasteiger partial charge is 0.316 e. The van der Waals surface area contributed by atoms with Crippen molar-refractivity contribution in [2.45, 2.75) is 17.5 Å². The van der Waals surface area contributed by atoms with Crippen LogP contribution in [0.3, 0.4) is 0 Å². The summed E-state index contributed by atoms with van der Waals surface area (Å²) in [7, 11) is -3.35. The maximum atomic E-state index is 13.3. The summed E-state index contributed by atoms with van der Waals surface area (Å²) in [5.41, 5.74) is -0.629. The number of carbonyl (C=O) groups excluding carboxylic acids is 1. The quantitative estimate of drug-likeness (QED) is 0.650. The van der Waals surface area contributed by atoms with Crippen molar-refractivity contribution < 1.29 is 26.4 Å². The number of hydrogen-bond donors (Lipinski definition) is 0. The van der Waals surface area contributed by atoms with E-state index in [0.29, 0.717) is 5.56 Å². The van der Waals surface area contributed by atoms with E-state index in [1.807, 2.05) is 0 Å². The molecule has 2 aromatic rings. The van der Waals surface area contributed by atoms with Gasteiger partial charge in [-0.05, 0) is 30.3 Å². The van der Waals surface area contributed by atoms with Gasteiger partial charge in [-0.3, -0.25) is 4.79 Å². The number of benzene rings is 2. The van der Waals surface area contributed by atoms with Crippen LogP contribution in [0.5, 0.6) is 0 Å². The Morgan fingerprint density at radius 1 is 1.13 bits per heavy atom. The molecule has 2 aliphatic heterocycles. The number of aliphatic imine (C=N–C) groups is 1. The van der Waals surface area contributed by atoms with Crippen LogP contribution in [-0.2, 0) is 16.0 Å². The third-order valence-electron chi connectivity index (χ3n) is 4.82. The summed E-state index contributed by atoms with van der Waals surface area (Å²) in [5.74, 6) is -0.916. The van der Waals surface area contributed by atoms with Crippen molar-refractivity contribution in [1.29, 1.82) is 0 Å². The largest absolute Gasteiger partial charge is 0.417 e. The van der Waals surface area contributed by atoms with Crippen molar-refractivity contribution in [2.24, 2.45) is 4.99 Å². The maximum Gasteiger partial charge on any atom is 0.417 e. The SMILES string of the molecule is O=C(N=C1S[C@@H]2CS(=O)(=O)C[C@@H]2N1c1ccc(Cl)c(C(F)(F)F)c1)c1ccccc1. The zero-order chi connectivity index (χ0) is 21.7. The van der Waals surface area contributed by atoms with E-state index in [9.17, 15) is 26.4 Å². The predicted molar refractivity (Wildman–Crippen MR) is 111 cm³/mol. The number of anilines is 1. The second-order valence-electron chi connectivity index (χ2n) is 6.90. The van der Waals surface area contributed by atoms with Crippen LogP contribution in [0.4, 0.5) is 18.9 Å². The Bertz CT molecular complexity index is 1140. The molecule has 0 saturated carbocycles. The van der Waals surface area contributed by atoms with Gasteiger partial charge < -0.3 is 4.90 Å². The molecule has 2 atom stereocenters. The molecule has 158 valence electrons. The van der Waals surface area contributed by atoms with Crippen LogP contribution in [0.1, 0.15) is 15.9 Å². The van der Waals surface area contributed by atoms with E-state index in [0.717, 1.165) is 23.9 Å². The first-order chi connectivity index (χ1) is 14.0. The van der Waals surface area contributed by atoms with Crippen molar-refractivity contribution in [3.63, 3.8) is 0 Å². The molecule has 0 aromatic heterocycles. The van der Waals surface area contributed by atoms with E-state index in [1.54, 1.807) is 30.3 Å². The van der Waals surface area contributed by atoms with Gasteiger partial charge in [0.15, 0.2) is 15.0 Å². The first-order valence-electron chi connectivity index (χ1n) is 8.76. The van der Waals surface area contributed by atoms with E-state index in [2.05, 4.69) is 4.99 Å². The third-order valence-corrected chi connectivity index (χ3v) is 8.36. The molecule has 2 aliphatic rings. The van der Waals surface area contributed by atoms with Crippen LogP contribution in [0.15, 0.2) is 53.5 Å². The zero-order valence-electron chi connectivity index (χ0n) is 15.1. The molecular formula is C19H14ClF3N2O3S2. The first-order valence-corrected chi connectivity index (χ1v) is 11.8. The standard InChI is InChI=1S/C19H14ClF3N2O3S2/c20-14-7-6-12(8-13(14)19(21,22)23)25-15-9-30(27,28)10-16(15)29-18(25)24-17(26)11-4-2-1-3-5-11/h1-8,15-16H,9-10H2/t15-,16+/m0/s1. The minimum atomic E-state index is -4.68. The minimum absolute atomic E-state index is 0.0865. The molecular weight excluding hydrogens is 461 g/mol. The lowest BCUT2D eigenvalue weighted by molar-refractivity contribution is -0.137. The molecule has 0 N–H and O–H groups in total. The number of carbonyl (C=O) groups is 1. The molecule has 2 saturated heterocycles. The fourth-order valence-corrected chi connectivity index (χ4v) is 7.62. The summed E-state index contributed by atoms with van der Waals surface area (Å²) < 4.78 is 64.2. The van der Waals surface area contributed by atoms with Crippen molar-refractivity contribution in [2.75, 3.05) is 16.4 Å². The highest BCUT2D eigenvalue weighted by atomic mass is 35.5. The highest BCUT2D eigenvalue weighted by Crippen LogP contribution is 2.43. The molecule has 1 amide bonds. The second kappa shape index (κ2) is 7.58. The number of halogens is 4. The molecule has 0 aliphatic carbocycles. The average Bonchev–Trinajstić information content (AvgIpc) is 3.13. The summed E-state index contributed by atoms with van der Waals surface area (Å²) >= 11 is 6.81. The molecule has 2 heterocycles. The molecule has 5 nitrogen and oxygen atoms in total. The monoisotopic (exact) mass is 474 g/mol. The van der Waals surface area contributed by atoms with Crippen molar-refractivity contribution in [1.82, 2.24) is 0 Å². The van der Waals surface area contributed by atoms with Crippen LogP contribution in [0.2, 0.25) is 5.02 Å². The second-order valence-corrected chi connectivity index (χ2v) is 10.7. The zero-order valence-corrected chi connectivity index (χ0v) is 17.5. The van der Waals surface area contributed by atoms with Gasteiger partial charge in [-0.2, -0.15) is 18.2 Å².